The summed E-state index contributed by atoms with van der Waals surface area (Å²) in [4.78, 5) is 6.73. The average Bonchev–Trinajstić information content (AvgIpc) is 2.72. The van der Waals surface area contributed by atoms with E-state index < -0.39 is 0 Å². The molecule has 0 fully saturated rings. The smallest absolute Gasteiger partial charge is 0.298 e. The summed E-state index contributed by atoms with van der Waals surface area (Å²) in [6.45, 7) is 5.27. The maximum absolute atomic E-state index is 5.79. The number of rotatable bonds is 5. The number of benzene rings is 1. The van der Waals surface area contributed by atoms with Gasteiger partial charge in [0.2, 0.25) is 0 Å². The van der Waals surface area contributed by atoms with Crippen molar-refractivity contribution < 1.29 is 4.42 Å². The number of oxazole rings is 1. The van der Waals surface area contributed by atoms with Crippen LogP contribution in [0.1, 0.15) is 20.3 Å². The molecule has 0 aliphatic rings. The second kappa shape index (κ2) is 5.54. The number of para-hydroxylation sites is 2. The van der Waals surface area contributed by atoms with Crippen LogP contribution >= 0.6 is 15.9 Å². The summed E-state index contributed by atoms with van der Waals surface area (Å²) in [5.41, 5.74) is 1.78. The van der Waals surface area contributed by atoms with Crippen molar-refractivity contribution in [2.45, 2.75) is 26.3 Å². The highest BCUT2D eigenvalue weighted by Gasteiger charge is 2.16. The van der Waals surface area contributed by atoms with Gasteiger partial charge in [0.25, 0.3) is 6.01 Å². The SMILES string of the molecule is CC(C)N(CCCBr)c1nc2ccccc2o1. The second-order valence-corrected chi connectivity index (χ2v) is 5.09. The van der Waals surface area contributed by atoms with E-state index in [-0.39, 0.29) is 0 Å². The third kappa shape index (κ3) is 2.80. The predicted octanol–water partition coefficient (Wildman–Crippen LogP) is 3.83. The Kier molecular flexibility index (Phi) is 4.05. The van der Waals surface area contributed by atoms with Crippen molar-refractivity contribution in [3.05, 3.63) is 24.3 Å². The Bertz CT molecular complexity index is 448. The summed E-state index contributed by atoms with van der Waals surface area (Å²) in [6.07, 6.45) is 1.08. The van der Waals surface area contributed by atoms with Crippen molar-refractivity contribution >= 4 is 33.0 Å². The fraction of sp³-hybridized carbons (Fsp3) is 0.462. The molecule has 0 saturated carbocycles. The zero-order valence-corrected chi connectivity index (χ0v) is 11.8. The fourth-order valence-corrected chi connectivity index (χ4v) is 2.04. The number of fused-ring (bicyclic) bond motifs is 1. The number of halogens is 1. The van der Waals surface area contributed by atoms with Gasteiger partial charge >= 0.3 is 0 Å². The van der Waals surface area contributed by atoms with Crippen molar-refractivity contribution in [2.75, 3.05) is 16.8 Å². The minimum Gasteiger partial charge on any atom is -0.423 e. The molecule has 0 atom stereocenters. The van der Waals surface area contributed by atoms with Crippen molar-refractivity contribution in [1.82, 2.24) is 4.98 Å². The summed E-state index contributed by atoms with van der Waals surface area (Å²) < 4.78 is 5.79. The van der Waals surface area contributed by atoms with Gasteiger partial charge in [-0.25, -0.2) is 0 Å². The molecule has 4 heteroatoms. The number of anilines is 1. The van der Waals surface area contributed by atoms with E-state index in [1.165, 1.54) is 0 Å². The Balaban J connectivity index is 2.28. The maximum Gasteiger partial charge on any atom is 0.298 e. The van der Waals surface area contributed by atoms with Gasteiger partial charge in [0, 0.05) is 17.9 Å². The fourth-order valence-electron chi connectivity index (χ4n) is 1.79. The van der Waals surface area contributed by atoms with Crippen molar-refractivity contribution in [3.63, 3.8) is 0 Å². The van der Waals surface area contributed by atoms with Crippen LogP contribution in [0.15, 0.2) is 28.7 Å². The van der Waals surface area contributed by atoms with Crippen LogP contribution < -0.4 is 4.90 Å². The van der Waals surface area contributed by atoms with Crippen LogP contribution in [0.25, 0.3) is 11.1 Å². The highest BCUT2D eigenvalue weighted by molar-refractivity contribution is 9.09. The largest absolute Gasteiger partial charge is 0.423 e. The molecule has 0 aliphatic carbocycles. The molecule has 1 aromatic carbocycles. The number of nitrogens with zero attached hydrogens (tertiary/aromatic N) is 2. The van der Waals surface area contributed by atoms with Gasteiger partial charge in [-0.2, -0.15) is 4.98 Å². The Morgan fingerprint density at radius 3 is 2.76 bits per heavy atom. The Hall–Kier alpha value is -1.03. The van der Waals surface area contributed by atoms with Crippen LogP contribution in [0.4, 0.5) is 6.01 Å². The van der Waals surface area contributed by atoms with Crippen molar-refractivity contribution in [3.8, 4) is 0 Å². The molecular formula is C13H17BrN2O. The maximum atomic E-state index is 5.79. The molecule has 1 aromatic heterocycles. The van der Waals surface area contributed by atoms with E-state index in [0.717, 1.165) is 35.4 Å². The summed E-state index contributed by atoms with van der Waals surface area (Å²) in [6, 6.07) is 8.99. The minimum absolute atomic E-state index is 0.391. The molecule has 0 radical (unpaired) electrons. The third-order valence-electron chi connectivity index (χ3n) is 2.68. The Morgan fingerprint density at radius 2 is 2.12 bits per heavy atom. The van der Waals surface area contributed by atoms with Crippen molar-refractivity contribution in [1.29, 1.82) is 0 Å². The standard InChI is InChI=1S/C13H17BrN2O/c1-10(2)16(9-5-8-14)13-15-11-6-3-4-7-12(11)17-13/h3-4,6-7,10H,5,8-9H2,1-2H3. The average molecular weight is 297 g/mol. The monoisotopic (exact) mass is 296 g/mol. The summed E-state index contributed by atoms with van der Waals surface area (Å²) in [5.74, 6) is 0. The van der Waals surface area contributed by atoms with Crippen LogP contribution in [0, 0.1) is 0 Å². The van der Waals surface area contributed by atoms with Crippen LogP contribution in [0.2, 0.25) is 0 Å². The van der Waals surface area contributed by atoms with E-state index in [4.69, 9.17) is 4.42 Å². The van der Waals surface area contributed by atoms with Gasteiger partial charge in [0.05, 0.1) is 0 Å². The van der Waals surface area contributed by atoms with E-state index in [1.807, 2.05) is 24.3 Å². The number of hydrogen-bond donors (Lipinski definition) is 0. The van der Waals surface area contributed by atoms with Crippen LogP contribution in [-0.2, 0) is 0 Å². The molecular weight excluding hydrogens is 280 g/mol. The van der Waals surface area contributed by atoms with Gasteiger partial charge in [-0.15, -0.1) is 0 Å². The molecule has 0 unspecified atom stereocenters. The van der Waals surface area contributed by atoms with Crippen LogP contribution in [0.3, 0.4) is 0 Å². The van der Waals surface area contributed by atoms with Gasteiger partial charge in [0.1, 0.15) is 5.52 Å². The Morgan fingerprint density at radius 1 is 1.35 bits per heavy atom. The topological polar surface area (TPSA) is 29.3 Å². The van der Waals surface area contributed by atoms with E-state index in [2.05, 4.69) is 39.7 Å². The second-order valence-electron chi connectivity index (χ2n) is 4.29. The predicted molar refractivity (Wildman–Crippen MR) is 74.9 cm³/mol. The molecule has 0 aliphatic heterocycles. The molecule has 0 bridgehead atoms. The van der Waals surface area contributed by atoms with Gasteiger partial charge < -0.3 is 9.32 Å². The first-order chi connectivity index (χ1) is 8.22. The first-order valence-corrected chi connectivity index (χ1v) is 7.02. The minimum atomic E-state index is 0.391. The number of alkyl halides is 1. The molecule has 17 heavy (non-hydrogen) atoms. The molecule has 1 heterocycles. The molecule has 0 amide bonds. The lowest BCUT2D eigenvalue weighted by atomic mass is 10.3. The third-order valence-corrected chi connectivity index (χ3v) is 3.25. The van der Waals surface area contributed by atoms with E-state index in [9.17, 15) is 0 Å². The quantitative estimate of drug-likeness (QED) is 0.785. The zero-order valence-electron chi connectivity index (χ0n) is 10.2. The number of hydrogen-bond acceptors (Lipinski definition) is 3. The summed E-state index contributed by atoms with van der Waals surface area (Å²) in [7, 11) is 0. The lowest BCUT2D eigenvalue weighted by Gasteiger charge is -2.24. The first kappa shape index (κ1) is 12.4. The van der Waals surface area contributed by atoms with Gasteiger partial charge in [-0.3, -0.25) is 0 Å². The molecule has 2 aromatic rings. The molecule has 0 N–H and O–H groups in total. The number of aromatic nitrogens is 1. The van der Waals surface area contributed by atoms with Crippen LogP contribution in [-0.4, -0.2) is 22.9 Å². The lowest BCUT2D eigenvalue weighted by molar-refractivity contribution is 0.536. The van der Waals surface area contributed by atoms with E-state index >= 15 is 0 Å². The molecule has 0 spiro atoms. The highest BCUT2D eigenvalue weighted by Crippen LogP contribution is 2.23. The van der Waals surface area contributed by atoms with Crippen molar-refractivity contribution in [2.24, 2.45) is 0 Å². The molecule has 92 valence electrons. The first-order valence-electron chi connectivity index (χ1n) is 5.90. The van der Waals surface area contributed by atoms with Crippen LogP contribution in [0.5, 0.6) is 0 Å². The normalized spacial score (nSPS) is 11.3. The molecule has 2 rings (SSSR count). The molecule has 0 saturated heterocycles. The van der Waals surface area contributed by atoms with E-state index in [1.54, 1.807) is 0 Å². The zero-order chi connectivity index (χ0) is 12.3. The van der Waals surface area contributed by atoms with E-state index in [0.29, 0.717) is 6.04 Å². The highest BCUT2D eigenvalue weighted by atomic mass is 79.9. The van der Waals surface area contributed by atoms with Gasteiger partial charge in [-0.1, -0.05) is 28.1 Å². The summed E-state index contributed by atoms with van der Waals surface area (Å²) in [5, 5.41) is 0.996. The Labute approximate surface area is 110 Å². The lowest BCUT2D eigenvalue weighted by Crippen LogP contribution is -2.32. The summed E-state index contributed by atoms with van der Waals surface area (Å²) >= 11 is 3.46. The van der Waals surface area contributed by atoms with Gasteiger partial charge in [-0.05, 0) is 32.4 Å². The van der Waals surface area contributed by atoms with Gasteiger partial charge in [0.15, 0.2) is 5.58 Å². The molecule has 3 nitrogen and oxygen atoms in total.